The topological polar surface area (TPSA) is 48.5 Å². The van der Waals surface area contributed by atoms with Gasteiger partial charge in [-0.25, -0.2) is 0 Å². The molecule has 5 nitrogen and oxygen atoms in total. The van der Waals surface area contributed by atoms with Gasteiger partial charge in [0.15, 0.2) is 5.82 Å². The lowest BCUT2D eigenvalue weighted by Crippen LogP contribution is -2.25. The van der Waals surface area contributed by atoms with Crippen molar-refractivity contribution in [2.45, 2.75) is 5.41 Å². The fourth-order valence-corrected chi connectivity index (χ4v) is 10.2. The Morgan fingerprint density at radius 3 is 1.40 bits per heavy atom. The second kappa shape index (κ2) is 11.2. The highest BCUT2D eigenvalue weighted by Crippen LogP contribution is 2.64. The van der Waals surface area contributed by atoms with Crippen LogP contribution in [0.3, 0.4) is 0 Å². The molecule has 11 aromatic rings. The number of hydrogen-bond donors (Lipinski definition) is 0. The quantitative estimate of drug-likeness (QED) is 0.182. The Balaban J connectivity index is 1.19. The van der Waals surface area contributed by atoms with Crippen LogP contribution in [0.4, 0.5) is 0 Å². The molecule has 0 fully saturated rings. The fourth-order valence-electron chi connectivity index (χ4n) is 10.2. The third-order valence-corrected chi connectivity index (χ3v) is 12.4. The van der Waals surface area contributed by atoms with Crippen LogP contribution in [-0.2, 0) is 5.41 Å². The van der Waals surface area contributed by atoms with Gasteiger partial charge in [0.05, 0.1) is 27.5 Å². The molecule has 0 saturated carbocycles. The number of hydrogen-bond acceptors (Lipinski definition) is 3. The monoisotopic (exact) mass is 725 g/mol. The summed E-state index contributed by atoms with van der Waals surface area (Å²) in [6, 6.07) is 67.6. The molecule has 57 heavy (non-hydrogen) atoms. The van der Waals surface area contributed by atoms with Crippen molar-refractivity contribution in [1.82, 2.24) is 24.1 Å². The smallest absolute Gasteiger partial charge is 0.240 e. The van der Waals surface area contributed by atoms with Crippen LogP contribution in [0.1, 0.15) is 22.3 Å². The first kappa shape index (κ1) is 30.7. The minimum Gasteiger partial charge on any atom is -0.278 e. The van der Waals surface area contributed by atoms with Crippen LogP contribution in [0.5, 0.6) is 0 Å². The molecule has 13 rings (SSSR count). The van der Waals surface area contributed by atoms with E-state index in [0.717, 1.165) is 49.2 Å². The Bertz CT molecular complexity index is 3380. The summed E-state index contributed by atoms with van der Waals surface area (Å²) in [6.07, 6.45) is 0. The van der Waals surface area contributed by atoms with Crippen molar-refractivity contribution in [3.05, 3.63) is 210 Å². The van der Waals surface area contributed by atoms with Crippen LogP contribution in [0.2, 0.25) is 0 Å². The Kier molecular flexibility index (Phi) is 6.04. The standard InChI is InChI=1S/C52H31N5/c1-2-16-32(17-3-1)49-53-50(56-44-27-13-7-20-35(44)36-21-8-14-28-45(36)56)55-51(54-49)57-46-29-15-9-22-37(46)38-30-31-43-47(48(38)57)39-23-6-12-26-42(39)52(43)40-24-10-4-18-33(40)34-19-5-11-25-41(34)52/h1-31H. The first-order chi connectivity index (χ1) is 28.3. The maximum Gasteiger partial charge on any atom is 0.240 e. The molecule has 0 N–H and O–H groups in total. The molecule has 8 aromatic carbocycles. The van der Waals surface area contributed by atoms with Crippen LogP contribution in [0.25, 0.3) is 89.2 Å². The number of aromatic nitrogens is 5. The van der Waals surface area contributed by atoms with E-state index in [1.54, 1.807) is 0 Å². The van der Waals surface area contributed by atoms with E-state index in [4.69, 9.17) is 15.0 Å². The van der Waals surface area contributed by atoms with E-state index in [9.17, 15) is 0 Å². The van der Waals surface area contributed by atoms with Crippen molar-refractivity contribution in [3.8, 4) is 45.5 Å². The van der Waals surface area contributed by atoms with Gasteiger partial charge in [-0.15, -0.1) is 0 Å². The van der Waals surface area contributed by atoms with Gasteiger partial charge in [-0.1, -0.05) is 170 Å². The SMILES string of the molecule is c1ccc(-c2nc(-n3c4ccccc4c4ccccc43)nc(-n3c4ccccc4c4ccc5c(c43)-c3ccccc3C53c4ccccc4-c4ccccc43)n2)cc1. The summed E-state index contributed by atoms with van der Waals surface area (Å²) in [5.74, 6) is 1.77. The van der Waals surface area contributed by atoms with E-state index in [0.29, 0.717) is 17.7 Å². The molecule has 1 spiro atoms. The van der Waals surface area contributed by atoms with Gasteiger partial charge in [0, 0.05) is 32.7 Å². The average Bonchev–Trinajstić information content (AvgIpc) is 3.99. The number of fused-ring (bicyclic) bond motifs is 17. The van der Waals surface area contributed by atoms with Gasteiger partial charge in [-0.3, -0.25) is 9.13 Å². The van der Waals surface area contributed by atoms with Crippen molar-refractivity contribution in [3.63, 3.8) is 0 Å². The Morgan fingerprint density at radius 2 is 0.789 bits per heavy atom. The summed E-state index contributed by atoms with van der Waals surface area (Å²) in [5.41, 5.74) is 14.9. The van der Waals surface area contributed by atoms with E-state index >= 15 is 0 Å². The molecule has 0 saturated heterocycles. The zero-order valence-electron chi connectivity index (χ0n) is 30.6. The van der Waals surface area contributed by atoms with E-state index in [-0.39, 0.29) is 0 Å². The Morgan fingerprint density at radius 1 is 0.333 bits per heavy atom. The van der Waals surface area contributed by atoms with Gasteiger partial charge in [-0.05, 0) is 57.1 Å². The second-order valence-corrected chi connectivity index (χ2v) is 15.1. The lowest BCUT2D eigenvalue weighted by molar-refractivity contribution is 0.794. The van der Waals surface area contributed by atoms with Crippen LogP contribution in [0, 0.1) is 0 Å². The predicted octanol–water partition coefficient (Wildman–Crippen LogP) is 12.1. The van der Waals surface area contributed by atoms with E-state index < -0.39 is 5.41 Å². The van der Waals surface area contributed by atoms with E-state index in [2.05, 4.69) is 179 Å². The zero-order valence-corrected chi connectivity index (χ0v) is 30.6. The third kappa shape index (κ3) is 3.90. The Labute approximate surface area is 327 Å². The molecule has 0 aliphatic heterocycles. The van der Waals surface area contributed by atoms with Gasteiger partial charge in [-0.2, -0.15) is 15.0 Å². The van der Waals surface area contributed by atoms with Crippen molar-refractivity contribution >= 4 is 43.6 Å². The van der Waals surface area contributed by atoms with Crippen LogP contribution >= 0.6 is 0 Å². The van der Waals surface area contributed by atoms with Crippen molar-refractivity contribution < 1.29 is 0 Å². The van der Waals surface area contributed by atoms with Crippen LogP contribution in [-0.4, -0.2) is 24.1 Å². The van der Waals surface area contributed by atoms with Gasteiger partial charge < -0.3 is 0 Å². The minimum atomic E-state index is -0.475. The highest BCUT2D eigenvalue weighted by Gasteiger charge is 2.52. The molecule has 5 heteroatoms. The van der Waals surface area contributed by atoms with E-state index in [1.165, 1.54) is 44.5 Å². The summed E-state index contributed by atoms with van der Waals surface area (Å²) in [4.78, 5) is 16.1. The van der Waals surface area contributed by atoms with Crippen LogP contribution < -0.4 is 0 Å². The number of rotatable bonds is 3. The number of nitrogens with zero attached hydrogens (tertiary/aromatic N) is 5. The molecule has 0 unspecified atom stereocenters. The van der Waals surface area contributed by atoms with Gasteiger partial charge >= 0.3 is 0 Å². The molecule has 3 heterocycles. The van der Waals surface area contributed by atoms with Crippen LogP contribution in [0.15, 0.2) is 188 Å². The zero-order chi connectivity index (χ0) is 37.2. The normalized spacial score (nSPS) is 13.4. The molecule has 0 atom stereocenters. The predicted molar refractivity (Wildman–Crippen MR) is 230 cm³/mol. The first-order valence-electron chi connectivity index (χ1n) is 19.5. The maximum atomic E-state index is 5.49. The molecular formula is C52H31N5. The molecule has 264 valence electrons. The molecule has 2 aliphatic carbocycles. The second-order valence-electron chi connectivity index (χ2n) is 15.1. The molecule has 2 aliphatic rings. The van der Waals surface area contributed by atoms with E-state index in [1.807, 2.05) is 18.2 Å². The summed E-state index contributed by atoms with van der Waals surface area (Å²) in [5, 5.41) is 4.63. The molecule has 0 bridgehead atoms. The summed E-state index contributed by atoms with van der Waals surface area (Å²) < 4.78 is 4.49. The first-order valence-corrected chi connectivity index (χ1v) is 19.5. The maximum absolute atomic E-state index is 5.49. The highest BCUT2D eigenvalue weighted by atomic mass is 15.3. The fraction of sp³-hybridized carbons (Fsp3) is 0.0192. The number of benzene rings is 8. The lowest BCUT2D eigenvalue weighted by Gasteiger charge is -2.30. The van der Waals surface area contributed by atoms with Gasteiger partial charge in [0.25, 0.3) is 0 Å². The Hall–Kier alpha value is -7.63. The molecule has 3 aromatic heterocycles. The minimum absolute atomic E-state index is 0.475. The van der Waals surface area contributed by atoms with Crippen molar-refractivity contribution in [2.75, 3.05) is 0 Å². The van der Waals surface area contributed by atoms with Crippen molar-refractivity contribution in [1.29, 1.82) is 0 Å². The molecular weight excluding hydrogens is 695 g/mol. The summed E-state index contributed by atoms with van der Waals surface area (Å²) in [6.45, 7) is 0. The molecule has 0 radical (unpaired) electrons. The van der Waals surface area contributed by atoms with Gasteiger partial charge in [0.2, 0.25) is 11.9 Å². The number of para-hydroxylation sites is 3. The largest absolute Gasteiger partial charge is 0.278 e. The lowest BCUT2D eigenvalue weighted by atomic mass is 9.70. The third-order valence-electron chi connectivity index (χ3n) is 12.4. The average molecular weight is 726 g/mol. The van der Waals surface area contributed by atoms with Crippen molar-refractivity contribution in [2.24, 2.45) is 0 Å². The summed E-state index contributed by atoms with van der Waals surface area (Å²) >= 11 is 0. The highest BCUT2D eigenvalue weighted by molar-refractivity contribution is 6.16. The molecule has 0 amide bonds. The van der Waals surface area contributed by atoms with Gasteiger partial charge in [0.1, 0.15) is 0 Å². The summed E-state index contributed by atoms with van der Waals surface area (Å²) in [7, 11) is 0.